The predicted octanol–water partition coefficient (Wildman–Crippen LogP) is 1.97. The minimum absolute atomic E-state index is 0.573. The smallest absolute Gasteiger partial charge is 0.231 e. The molecule has 5 heteroatoms. The molecule has 1 aromatic rings. The fourth-order valence-corrected chi connectivity index (χ4v) is 1.26. The number of hydrogen-bond acceptors (Lipinski definition) is 4. The third kappa shape index (κ3) is 2.07. The molecule has 1 heterocycles. The van der Waals surface area contributed by atoms with Crippen LogP contribution in [0.3, 0.4) is 0 Å². The van der Waals surface area contributed by atoms with Gasteiger partial charge in [0.25, 0.3) is 0 Å². The number of thioether (sulfide) groups is 1. The maximum atomic E-state index is 4.98. The van der Waals surface area contributed by atoms with Gasteiger partial charge < -0.3 is 4.74 Å². The van der Waals surface area contributed by atoms with Crippen LogP contribution in [0.5, 0.6) is 5.88 Å². The molecule has 0 bridgehead atoms. The highest BCUT2D eigenvalue weighted by atomic mass is 79.9. The van der Waals surface area contributed by atoms with E-state index in [1.54, 1.807) is 13.3 Å². The molecular formula is C6H7BrN2OS. The number of methoxy groups -OCH3 is 1. The van der Waals surface area contributed by atoms with Crippen molar-refractivity contribution >= 4 is 27.7 Å². The number of hydrogen-bond donors (Lipinski definition) is 0. The molecule has 3 nitrogen and oxygen atoms in total. The molecule has 0 aliphatic heterocycles. The van der Waals surface area contributed by atoms with Crippen LogP contribution in [0, 0.1) is 0 Å². The van der Waals surface area contributed by atoms with Crippen LogP contribution in [-0.2, 0) is 0 Å². The normalized spacial score (nSPS) is 9.73. The third-order valence-electron chi connectivity index (χ3n) is 1.07. The topological polar surface area (TPSA) is 35.0 Å². The number of rotatable bonds is 2. The van der Waals surface area contributed by atoms with Crippen molar-refractivity contribution in [3.8, 4) is 5.88 Å². The Morgan fingerprint density at radius 3 is 2.91 bits per heavy atom. The van der Waals surface area contributed by atoms with Gasteiger partial charge in [0.15, 0.2) is 5.16 Å². The van der Waals surface area contributed by atoms with Gasteiger partial charge in [-0.1, -0.05) is 11.8 Å². The molecule has 0 aliphatic rings. The Kier molecular flexibility index (Phi) is 3.14. The molecule has 1 rings (SSSR count). The Labute approximate surface area is 77.7 Å². The summed E-state index contributed by atoms with van der Waals surface area (Å²) in [5, 5.41) is 0.713. The molecule has 0 saturated carbocycles. The molecule has 0 aliphatic carbocycles. The fourth-order valence-electron chi connectivity index (χ4n) is 0.578. The summed E-state index contributed by atoms with van der Waals surface area (Å²) < 4.78 is 5.75. The summed E-state index contributed by atoms with van der Waals surface area (Å²) in [5.74, 6) is 0.573. The Balaban J connectivity index is 3.02. The van der Waals surface area contributed by atoms with Crippen molar-refractivity contribution < 1.29 is 4.74 Å². The maximum Gasteiger partial charge on any atom is 0.231 e. The molecule has 60 valence electrons. The maximum absolute atomic E-state index is 4.98. The van der Waals surface area contributed by atoms with Crippen LogP contribution in [0.15, 0.2) is 15.8 Å². The second kappa shape index (κ2) is 3.92. The first-order valence-electron chi connectivity index (χ1n) is 2.88. The van der Waals surface area contributed by atoms with Crippen LogP contribution in [0.1, 0.15) is 0 Å². The molecular weight excluding hydrogens is 228 g/mol. The van der Waals surface area contributed by atoms with E-state index in [9.17, 15) is 0 Å². The summed E-state index contributed by atoms with van der Waals surface area (Å²) in [4.78, 5) is 8.12. The number of ether oxygens (including phenoxy) is 1. The zero-order chi connectivity index (χ0) is 8.27. The lowest BCUT2D eigenvalue weighted by molar-refractivity contribution is 0.389. The van der Waals surface area contributed by atoms with E-state index in [1.807, 2.05) is 6.26 Å². The van der Waals surface area contributed by atoms with Crippen LogP contribution >= 0.6 is 27.7 Å². The van der Waals surface area contributed by atoms with Crippen molar-refractivity contribution in [1.82, 2.24) is 9.97 Å². The van der Waals surface area contributed by atoms with E-state index in [-0.39, 0.29) is 0 Å². The number of aromatic nitrogens is 2. The van der Waals surface area contributed by atoms with Gasteiger partial charge in [0.1, 0.15) is 0 Å². The molecule has 0 fully saturated rings. The van der Waals surface area contributed by atoms with E-state index < -0.39 is 0 Å². The first-order valence-corrected chi connectivity index (χ1v) is 4.90. The van der Waals surface area contributed by atoms with E-state index in [4.69, 9.17) is 4.74 Å². The standard InChI is InChI=1S/C6H7BrN2OS/c1-10-5-4(7)3-8-6(9-5)11-2/h3H,1-2H3. The van der Waals surface area contributed by atoms with E-state index in [2.05, 4.69) is 25.9 Å². The van der Waals surface area contributed by atoms with Gasteiger partial charge in [-0.15, -0.1) is 0 Å². The van der Waals surface area contributed by atoms with Gasteiger partial charge in [-0.2, -0.15) is 4.98 Å². The molecule has 0 amide bonds. The highest BCUT2D eigenvalue weighted by molar-refractivity contribution is 9.10. The number of halogens is 1. The van der Waals surface area contributed by atoms with Gasteiger partial charge in [-0.25, -0.2) is 4.98 Å². The molecule has 0 spiro atoms. The van der Waals surface area contributed by atoms with Crippen molar-refractivity contribution in [3.63, 3.8) is 0 Å². The molecule has 0 saturated heterocycles. The van der Waals surface area contributed by atoms with E-state index in [0.29, 0.717) is 11.0 Å². The second-order valence-electron chi connectivity index (χ2n) is 1.71. The minimum atomic E-state index is 0.573. The monoisotopic (exact) mass is 234 g/mol. The van der Waals surface area contributed by atoms with Crippen molar-refractivity contribution in [3.05, 3.63) is 10.7 Å². The van der Waals surface area contributed by atoms with Gasteiger partial charge in [-0.3, -0.25) is 0 Å². The average Bonchev–Trinajstić information content (AvgIpc) is 2.05. The van der Waals surface area contributed by atoms with Crippen LogP contribution in [0.4, 0.5) is 0 Å². The Morgan fingerprint density at radius 2 is 2.36 bits per heavy atom. The molecule has 0 atom stereocenters. The summed E-state index contributed by atoms with van der Waals surface area (Å²) in [6.07, 6.45) is 3.60. The second-order valence-corrected chi connectivity index (χ2v) is 3.34. The third-order valence-corrected chi connectivity index (χ3v) is 2.17. The zero-order valence-corrected chi connectivity index (χ0v) is 8.57. The lowest BCUT2D eigenvalue weighted by Crippen LogP contribution is -1.92. The summed E-state index contributed by atoms with van der Waals surface area (Å²) in [6, 6.07) is 0. The molecule has 0 unspecified atom stereocenters. The molecule has 11 heavy (non-hydrogen) atoms. The van der Waals surface area contributed by atoms with E-state index >= 15 is 0 Å². The molecule has 1 aromatic heterocycles. The van der Waals surface area contributed by atoms with Crippen LogP contribution < -0.4 is 4.74 Å². The Bertz CT molecular complexity index is 256. The average molecular weight is 235 g/mol. The molecule has 0 N–H and O–H groups in total. The minimum Gasteiger partial charge on any atom is -0.480 e. The molecule has 0 aromatic carbocycles. The fraction of sp³-hybridized carbons (Fsp3) is 0.333. The van der Waals surface area contributed by atoms with Crippen molar-refractivity contribution in [2.75, 3.05) is 13.4 Å². The predicted molar refractivity (Wildman–Crippen MR) is 48.1 cm³/mol. The van der Waals surface area contributed by atoms with Gasteiger partial charge in [0.2, 0.25) is 5.88 Å². The van der Waals surface area contributed by atoms with Crippen LogP contribution in [-0.4, -0.2) is 23.3 Å². The van der Waals surface area contributed by atoms with Crippen LogP contribution in [0.25, 0.3) is 0 Å². The van der Waals surface area contributed by atoms with Crippen molar-refractivity contribution in [2.24, 2.45) is 0 Å². The number of nitrogens with zero attached hydrogens (tertiary/aromatic N) is 2. The largest absolute Gasteiger partial charge is 0.480 e. The summed E-state index contributed by atoms with van der Waals surface area (Å²) in [7, 11) is 1.58. The first-order chi connectivity index (χ1) is 5.27. The summed E-state index contributed by atoms with van der Waals surface area (Å²) in [5.41, 5.74) is 0. The highest BCUT2D eigenvalue weighted by Crippen LogP contribution is 2.22. The summed E-state index contributed by atoms with van der Waals surface area (Å²) >= 11 is 4.74. The van der Waals surface area contributed by atoms with E-state index in [1.165, 1.54) is 11.8 Å². The van der Waals surface area contributed by atoms with Gasteiger partial charge in [-0.05, 0) is 22.2 Å². The molecule has 0 radical (unpaired) electrons. The first kappa shape index (κ1) is 8.80. The highest BCUT2D eigenvalue weighted by Gasteiger charge is 2.02. The van der Waals surface area contributed by atoms with Crippen LogP contribution in [0.2, 0.25) is 0 Å². The lowest BCUT2D eigenvalue weighted by atomic mass is 10.6. The van der Waals surface area contributed by atoms with Gasteiger partial charge in [0.05, 0.1) is 11.6 Å². The SMILES string of the molecule is COc1nc(SC)ncc1Br. The van der Waals surface area contributed by atoms with Gasteiger partial charge in [0, 0.05) is 6.20 Å². The lowest BCUT2D eigenvalue weighted by Gasteiger charge is -2.01. The quantitative estimate of drug-likeness (QED) is 0.579. The van der Waals surface area contributed by atoms with Crippen molar-refractivity contribution in [1.29, 1.82) is 0 Å². The van der Waals surface area contributed by atoms with Crippen molar-refractivity contribution in [2.45, 2.75) is 5.16 Å². The summed E-state index contributed by atoms with van der Waals surface area (Å²) in [6.45, 7) is 0. The Hall–Kier alpha value is -0.290. The van der Waals surface area contributed by atoms with Gasteiger partial charge >= 0.3 is 0 Å². The zero-order valence-electron chi connectivity index (χ0n) is 6.17. The van der Waals surface area contributed by atoms with E-state index in [0.717, 1.165) is 4.47 Å². The Morgan fingerprint density at radius 1 is 1.64 bits per heavy atom.